The standard InChI is InChI=1S/C25H39NO3/c1-16-10-9-11-21(17(16)2)26-22(27)15-29-23(28)18-12-19(24(3,4)5)14-20(13-18)25(6,7)8/h12-14,16-17,21H,9-11,15H2,1-8H3,(H,26,27)/t16-,17-,21+/m0/s1. The van der Waals surface area contributed by atoms with Crippen molar-refractivity contribution in [3.05, 3.63) is 34.9 Å². The zero-order valence-corrected chi connectivity index (χ0v) is 19.5. The van der Waals surface area contributed by atoms with Crippen molar-refractivity contribution in [2.45, 2.75) is 91.5 Å². The molecule has 1 aromatic carbocycles. The van der Waals surface area contributed by atoms with Crippen molar-refractivity contribution in [3.8, 4) is 0 Å². The molecule has 1 aliphatic carbocycles. The van der Waals surface area contributed by atoms with Gasteiger partial charge in [-0.3, -0.25) is 4.79 Å². The molecule has 3 atom stereocenters. The molecule has 0 radical (unpaired) electrons. The number of carbonyl (C=O) groups excluding carboxylic acids is 2. The van der Waals surface area contributed by atoms with E-state index in [9.17, 15) is 9.59 Å². The van der Waals surface area contributed by atoms with Crippen molar-refractivity contribution in [2.24, 2.45) is 11.8 Å². The van der Waals surface area contributed by atoms with Gasteiger partial charge in [0.15, 0.2) is 6.61 Å². The fraction of sp³-hybridized carbons (Fsp3) is 0.680. The molecule has 29 heavy (non-hydrogen) atoms. The first-order valence-corrected chi connectivity index (χ1v) is 10.9. The van der Waals surface area contributed by atoms with Gasteiger partial charge in [-0.2, -0.15) is 0 Å². The average Bonchev–Trinajstić information content (AvgIpc) is 2.61. The van der Waals surface area contributed by atoms with E-state index in [-0.39, 0.29) is 29.4 Å². The maximum Gasteiger partial charge on any atom is 0.338 e. The van der Waals surface area contributed by atoms with Crippen LogP contribution in [0.2, 0.25) is 0 Å². The van der Waals surface area contributed by atoms with E-state index in [4.69, 9.17) is 4.74 Å². The number of rotatable bonds is 4. The van der Waals surface area contributed by atoms with Crippen LogP contribution in [0.5, 0.6) is 0 Å². The molecule has 0 aliphatic heterocycles. The van der Waals surface area contributed by atoms with Crippen LogP contribution in [0.3, 0.4) is 0 Å². The van der Waals surface area contributed by atoms with Gasteiger partial charge in [0.05, 0.1) is 5.56 Å². The van der Waals surface area contributed by atoms with Crippen LogP contribution >= 0.6 is 0 Å². The highest BCUT2D eigenvalue weighted by Crippen LogP contribution is 2.31. The monoisotopic (exact) mass is 401 g/mol. The van der Waals surface area contributed by atoms with Crippen LogP contribution in [0.4, 0.5) is 0 Å². The number of hydrogen-bond donors (Lipinski definition) is 1. The number of carbonyl (C=O) groups is 2. The summed E-state index contributed by atoms with van der Waals surface area (Å²) in [4.78, 5) is 25.1. The third-order valence-electron chi connectivity index (χ3n) is 6.29. The van der Waals surface area contributed by atoms with Crippen LogP contribution in [0.25, 0.3) is 0 Å². The van der Waals surface area contributed by atoms with E-state index in [1.165, 1.54) is 6.42 Å². The summed E-state index contributed by atoms with van der Waals surface area (Å²) in [6.45, 7) is 17.0. The van der Waals surface area contributed by atoms with Crippen LogP contribution in [0, 0.1) is 11.8 Å². The molecule has 1 amide bonds. The van der Waals surface area contributed by atoms with Crippen LogP contribution in [-0.4, -0.2) is 24.5 Å². The van der Waals surface area contributed by atoms with Gasteiger partial charge in [0.1, 0.15) is 0 Å². The molecule has 0 unspecified atom stereocenters. The van der Waals surface area contributed by atoms with E-state index in [0.29, 0.717) is 17.4 Å². The highest BCUT2D eigenvalue weighted by Gasteiger charge is 2.28. The largest absolute Gasteiger partial charge is 0.452 e. The Bertz CT molecular complexity index is 707. The van der Waals surface area contributed by atoms with Gasteiger partial charge in [-0.15, -0.1) is 0 Å². The predicted octanol–water partition coefficient (Wildman–Crippen LogP) is 5.38. The Balaban J connectivity index is 2.07. The fourth-order valence-electron chi connectivity index (χ4n) is 3.86. The summed E-state index contributed by atoms with van der Waals surface area (Å²) in [6, 6.07) is 6.11. The summed E-state index contributed by atoms with van der Waals surface area (Å²) in [5, 5.41) is 3.06. The zero-order chi connectivity index (χ0) is 22.0. The Morgan fingerprint density at radius 2 is 1.52 bits per heavy atom. The molecular formula is C25H39NO3. The first kappa shape index (κ1) is 23.4. The van der Waals surface area contributed by atoms with E-state index in [1.807, 2.05) is 12.1 Å². The lowest BCUT2D eigenvalue weighted by atomic mass is 9.78. The molecule has 1 saturated carbocycles. The molecule has 0 aromatic heterocycles. The Hall–Kier alpha value is -1.84. The summed E-state index contributed by atoms with van der Waals surface area (Å²) < 4.78 is 5.38. The van der Waals surface area contributed by atoms with Crippen molar-refractivity contribution >= 4 is 11.9 Å². The minimum atomic E-state index is -0.443. The van der Waals surface area contributed by atoms with Gasteiger partial charge in [0.25, 0.3) is 5.91 Å². The topological polar surface area (TPSA) is 55.4 Å². The van der Waals surface area contributed by atoms with Crippen molar-refractivity contribution in [1.82, 2.24) is 5.32 Å². The third-order valence-corrected chi connectivity index (χ3v) is 6.29. The molecule has 162 valence electrons. The van der Waals surface area contributed by atoms with E-state index in [2.05, 4.69) is 66.8 Å². The Kier molecular flexibility index (Phi) is 7.19. The Labute approximate surface area is 176 Å². The maximum atomic E-state index is 12.7. The van der Waals surface area contributed by atoms with Crippen LogP contribution < -0.4 is 5.32 Å². The molecule has 0 spiro atoms. The SMILES string of the molecule is C[C@H]1[C@@H](C)CCC[C@H]1NC(=O)COC(=O)c1cc(C(C)(C)C)cc(C(C)(C)C)c1. The molecule has 0 saturated heterocycles. The maximum absolute atomic E-state index is 12.7. The zero-order valence-electron chi connectivity index (χ0n) is 19.5. The fourth-order valence-corrected chi connectivity index (χ4v) is 3.86. The molecule has 1 fully saturated rings. The van der Waals surface area contributed by atoms with Crippen LogP contribution in [-0.2, 0) is 20.4 Å². The minimum Gasteiger partial charge on any atom is -0.452 e. The smallest absolute Gasteiger partial charge is 0.338 e. The summed E-state index contributed by atoms with van der Waals surface area (Å²) in [7, 11) is 0. The van der Waals surface area contributed by atoms with Gasteiger partial charge >= 0.3 is 5.97 Å². The van der Waals surface area contributed by atoms with Gasteiger partial charge in [-0.25, -0.2) is 4.79 Å². The lowest BCUT2D eigenvalue weighted by molar-refractivity contribution is -0.125. The van der Waals surface area contributed by atoms with E-state index in [0.717, 1.165) is 24.0 Å². The molecule has 1 aromatic rings. The summed E-state index contributed by atoms with van der Waals surface area (Å²) in [5.74, 6) is 0.392. The molecule has 0 bridgehead atoms. The predicted molar refractivity (Wildman–Crippen MR) is 118 cm³/mol. The molecule has 4 heteroatoms. The number of amides is 1. The van der Waals surface area contributed by atoms with Crippen molar-refractivity contribution in [1.29, 1.82) is 0 Å². The van der Waals surface area contributed by atoms with Crippen LogP contribution in [0.1, 0.15) is 96.1 Å². The Morgan fingerprint density at radius 1 is 0.966 bits per heavy atom. The minimum absolute atomic E-state index is 0.0819. The van der Waals surface area contributed by atoms with Crippen molar-refractivity contribution < 1.29 is 14.3 Å². The van der Waals surface area contributed by atoms with Gasteiger partial charge in [-0.05, 0) is 52.3 Å². The number of esters is 1. The molecular weight excluding hydrogens is 362 g/mol. The molecule has 0 heterocycles. The van der Waals surface area contributed by atoms with Gasteiger partial charge in [0, 0.05) is 6.04 Å². The Morgan fingerprint density at radius 3 is 2.03 bits per heavy atom. The van der Waals surface area contributed by atoms with Gasteiger partial charge in [0.2, 0.25) is 0 Å². The number of hydrogen-bond acceptors (Lipinski definition) is 3. The number of nitrogens with one attached hydrogen (secondary N) is 1. The molecule has 2 rings (SSSR count). The highest BCUT2D eigenvalue weighted by molar-refractivity contribution is 5.92. The normalized spacial score (nSPS) is 22.8. The molecule has 4 nitrogen and oxygen atoms in total. The van der Waals surface area contributed by atoms with E-state index >= 15 is 0 Å². The average molecular weight is 402 g/mol. The first-order chi connectivity index (χ1) is 13.3. The molecule has 1 N–H and O–H groups in total. The van der Waals surface area contributed by atoms with Gasteiger partial charge in [-0.1, -0.05) is 74.3 Å². The highest BCUT2D eigenvalue weighted by atomic mass is 16.5. The van der Waals surface area contributed by atoms with Gasteiger partial charge < -0.3 is 10.1 Å². The third kappa shape index (κ3) is 6.32. The van der Waals surface area contributed by atoms with Crippen molar-refractivity contribution in [3.63, 3.8) is 0 Å². The lowest BCUT2D eigenvalue weighted by Crippen LogP contribution is -2.45. The van der Waals surface area contributed by atoms with Crippen molar-refractivity contribution in [2.75, 3.05) is 6.61 Å². The number of ether oxygens (including phenoxy) is 1. The van der Waals surface area contributed by atoms with E-state index in [1.54, 1.807) is 0 Å². The quantitative estimate of drug-likeness (QED) is 0.689. The first-order valence-electron chi connectivity index (χ1n) is 10.9. The lowest BCUT2D eigenvalue weighted by Gasteiger charge is -2.34. The summed E-state index contributed by atoms with van der Waals surface area (Å²) >= 11 is 0. The summed E-state index contributed by atoms with van der Waals surface area (Å²) in [5.41, 5.74) is 2.52. The van der Waals surface area contributed by atoms with E-state index < -0.39 is 5.97 Å². The number of benzene rings is 1. The second-order valence-electron chi connectivity index (χ2n) is 10.8. The second kappa shape index (κ2) is 8.89. The summed E-state index contributed by atoms with van der Waals surface area (Å²) in [6.07, 6.45) is 3.34. The second-order valence-corrected chi connectivity index (χ2v) is 10.8. The molecule has 1 aliphatic rings. The van der Waals surface area contributed by atoms with Crippen LogP contribution in [0.15, 0.2) is 18.2 Å².